The van der Waals surface area contributed by atoms with Crippen molar-refractivity contribution in [3.05, 3.63) is 63.1 Å². The number of rotatable bonds is 4. The second-order valence-electron chi connectivity index (χ2n) is 6.45. The third-order valence-electron chi connectivity index (χ3n) is 4.63. The number of nitrogens with two attached hydrogens (primary N) is 1. The number of nitrogens with zero attached hydrogens (tertiary/aromatic N) is 1. The molecule has 2 unspecified atom stereocenters. The third-order valence-corrected chi connectivity index (χ3v) is 5.16. The van der Waals surface area contributed by atoms with Crippen LogP contribution in [-0.4, -0.2) is 23.0 Å². The van der Waals surface area contributed by atoms with E-state index in [1.807, 2.05) is 24.3 Å². The first-order valence-corrected chi connectivity index (χ1v) is 9.14. The lowest BCUT2D eigenvalue weighted by atomic mass is 9.81. The lowest BCUT2D eigenvalue weighted by Gasteiger charge is -2.40. The normalized spacial score (nSPS) is 18.1. The number of amides is 1. The van der Waals surface area contributed by atoms with Crippen LogP contribution in [0.25, 0.3) is 0 Å². The number of benzene rings is 2. The zero-order chi connectivity index (χ0) is 19.7. The highest BCUT2D eigenvalue weighted by atomic mass is 35.5. The molecule has 0 aromatic heterocycles. The summed E-state index contributed by atoms with van der Waals surface area (Å²) in [6.07, 6.45) is 0.242. The van der Waals surface area contributed by atoms with E-state index in [1.165, 1.54) is 11.9 Å². The predicted molar refractivity (Wildman–Crippen MR) is 112 cm³/mol. The Morgan fingerprint density at radius 3 is 2.43 bits per heavy atom. The molecule has 0 aliphatic carbocycles. The highest BCUT2D eigenvalue weighted by Gasteiger charge is 2.39. The van der Waals surface area contributed by atoms with Crippen molar-refractivity contribution in [2.75, 3.05) is 5.01 Å². The van der Waals surface area contributed by atoms with E-state index in [9.17, 15) is 14.7 Å². The smallest absolute Gasteiger partial charge is 0.328 e. The average Bonchev–Trinajstić information content (AvgIpc) is 2.61. The zero-order valence-electron chi connectivity index (χ0n) is 15.0. The number of hydrogen-bond donors (Lipinski definition) is 3. The summed E-state index contributed by atoms with van der Waals surface area (Å²) in [6.45, 7) is 1.74. The largest absolute Gasteiger partial charge is 0.480 e. The highest BCUT2D eigenvalue weighted by molar-refractivity contribution is 6.35. The van der Waals surface area contributed by atoms with Crippen molar-refractivity contribution in [1.82, 2.24) is 5.43 Å². The molecule has 1 aliphatic rings. The first kappa shape index (κ1) is 22.3. The van der Waals surface area contributed by atoms with E-state index in [0.29, 0.717) is 22.3 Å². The molecule has 2 aromatic carbocycles. The molecule has 6 nitrogen and oxygen atoms in total. The van der Waals surface area contributed by atoms with Gasteiger partial charge in [0.15, 0.2) is 0 Å². The van der Waals surface area contributed by atoms with Crippen LogP contribution in [0.1, 0.15) is 36.0 Å². The van der Waals surface area contributed by atoms with Gasteiger partial charge in [0.25, 0.3) is 0 Å². The number of fused-ring (bicyclic) bond motifs is 1. The summed E-state index contributed by atoms with van der Waals surface area (Å²) in [5, 5.41) is 11.9. The van der Waals surface area contributed by atoms with E-state index >= 15 is 0 Å². The molecule has 9 heteroatoms. The molecule has 2 aromatic rings. The van der Waals surface area contributed by atoms with Crippen molar-refractivity contribution in [2.45, 2.75) is 31.8 Å². The van der Waals surface area contributed by atoms with Gasteiger partial charge in [0.2, 0.25) is 5.91 Å². The maximum Gasteiger partial charge on any atom is 0.328 e. The molecule has 0 bridgehead atoms. The molecular weight excluding hydrogens is 425 g/mol. The quantitative estimate of drug-likeness (QED) is 0.668. The summed E-state index contributed by atoms with van der Waals surface area (Å²) in [7, 11) is 0. The van der Waals surface area contributed by atoms with E-state index in [1.54, 1.807) is 12.1 Å². The van der Waals surface area contributed by atoms with Gasteiger partial charge in [-0.05, 0) is 29.7 Å². The minimum absolute atomic E-state index is 0. The number of hydrogen-bond acceptors (Lipinski definition) is 4. The second-order valence-corrected chi connectivity index (χ2v) is 7.29. The monoisotopic (exact) mass is 443 g/mol. The van der Waals surface area contributed by atoms with Gasteiger partial charge in [-0.15, -0.1) is 12.4 Å². The first-order chi connectivity index (χ1) is 12.8. The number of anilines is 1. The van der Waals surface area contributed by atoms with Crippen LogP contribution in [0.5, 0.6) is 0 Å². The van der Waals surface area contributed by atoms with Crippen LogP contribution in [0, 0.1) is 0 Å². The molecule has 2 atom stereocenters. The van der Waals surface area contributed by atoms with Crippen molar-refractivity contribution in [3.63, 3.8) is 0 Å². The minimum atomic E-state index is -1.05. The molecule has 150 valence electrons. The van der Waals surface area contributed by atoms with Crippen molar-refractivity contribution >= 4 is 53.2 Å². The van der Waals surface area contributed by atoms with Gasteiger partial charge in [0, 0.05) is 35.0 Å². The Morgan fingerprint density at radius 1 is 1.25 bits per heavy atom. The Hall–Kier alpha value is -1.99. The van der Waals surface area contributed by atoms with Gasteiger partial charge in [-0.25, -0.2) is 4.79 Å². The van der Waals surface area contributed by atoms with E-state index in [-0.39, 0.29) is 30.7 Å². The molecule has 1 heterocycles. The van der Waals surface area contributed by atoms with E-state index in [2.05, 4.69) is 5.43 Å². The molecule has 0 spiro atoms. The van der Waals surface area contributed by atoms with Crippen LogP contribution in [0.2, 0.25) is 10.0 Å². The number of carboxylic acids is 1. The Balaban J connectivity index is 0.00000280. The van der Waals surface area contributed by atoms with Gasteiger partial charge < -0.3 is 10.8 Å². The van der Waals surface area contributed by atoms with Gasteiger partial charge in [0.05, 0.1) is 5.69 Å². The standard InChI is InChI=1S/C19H19Cl2N3O3.ClH/c1-10(25)23-24-16-7-13(20)6-15(21)18(16)14(8-17(24)19(26)27)12-4-2-11(9-22)3-5-12;/h2-7,14,17H,8-9,22H2,1H3,(H,23,25)(H,26,27);1H. The van der Waals surface area contributed by atoms with Crippen molar-refractivity contribution in [1.29, 1.82) is 0 Å². The fourth-order valence-electron chi connectivity index (χ4n) is 3.44. The van der Waals surface area contributed by atoms with Crippen LogP contribution < -0.4 is 16.2 Å². The summed E-state index contributed by atoms with van der Waals surface area (Å²) < 4.78 is 0. The highest BCUT2D eigenvalue weighted by Crippen LogP contribution is 2.46. The van der Waals surface area contributed by atoms with Gasteiger partial charge in [0.1, 0.15) is 6.04 Å². The predicted octanol–water partition coefficient (Wildman–Crippen LogP) is 3.72. The molecule has 0 fully saturated rings. The van der Waals surface area contributed by atoms with Crippen LogP contribution in [0.3, 0.4) is 0 Å². The van der Waals surface area contributed by atoms with E-state index in [4.69, 9.17) is 28.9 Å². The molecular formula is C19H20Cl3N3O3. The van der Waals surface area contributed by atoms with Crippen molar-refractivity contribution in [3.8, 4) is 0 Å². The Morgan fingerprint density at radius 2 is 1.89 bits per heavy atom. The average molecular weight is 445 g/mol. The van der Waals surface area contributed by atoms with Gasteiger partial charge in [-0.1, -0.05) is 47.5 Å². The molecule has 1 amide bonds. The number of carboxylic acid groups (broad SMARTS) is 1. The second kappa shape index (κ2) is 9.01. The third kappa shape index (κ3) is 4.36. The summed E-state index contributed by atoms with van der Waals surface area (Å²) >= 11 is 12.6. The first-order valence-electron chi connectivity index (χ1n) is 8.39. The molecule has 0 saturated carbocycles. The van der Waals surface area contributed by atoms with Crippen LogP contribution in [0.4, 0.5) is 5.69 Å². The number of nitrogens with one attached hydrogen (secondary N) is 1. The van der Waals surface area contributed by atoms with Crippen molar-refractivity contribution < 1.29 is 14.7 Å². The lowest BCUT2D eigenvalue weighted by Crippen LogP contribution is -2.54. The number of halogens is 3. The molecule has 3 rings (SSSR count). The zero-order valence-corrected chi connectivity index (χ0v) is 17.3. The number of carbonyl (C=O) groups excluding carboxylic acids is 1. The SMILES string of the molecule is CC(=O)NN1c2cc(Cl)cc(Cl)c2C(c2ccc(CN)cc2)CC1C(=O)O.Cl. The van der Waals surface area contributed by atoms with Gasteiger partial charge >= 0.3 is 5.97 Å². The molecule has 0 radical (unpaired) electrons. The number of carbonyl (C=O) groups is 2. The minimum Gasteiger partial charge on any atom is -0.480 e. The maximum absolute atomic E-state index is 11.9. The van der Waals surface area contributed by atoms with Gasteiger partial charge in [-0.2, -0.15) is 0 Å². The Labute approximate surface area is 179 Å². The maximum atomic E-state index is 11.9. The topological polar surface area (TPSA) is 95.7 Å². The van der Waals surface area contributed by atoms with E-state index in [0.717, 1.165) is 16.7 Å². The van der Waals surface area contributed by atoms with Crippen LogP contribution >= 0.6 is 35.6 Å². The van der Waals surface area contributed by atoms with Gasteiger partial charge in [-0.3, -0.25) is 15.2 Å². The number of hydrazine groups is 1. The van der Waals surface area contributed by atoms with Crippen molar-refractivity contribution in [2.24, 2.45) is 5.73 Å². The van der Waals surface area contributed by atoms with Crippen LogP contribution in [-0.2, 0) is 16.1 Å². The molecule has 1 aliphatic heterocycles. The summed E-state index contributed by atoms with van der Waals surface area (Å²) in [6, 6.07) is 9.95. The molecule has 28 heavy (non-hydrogen) atoms. The summed E-state index contributed by atoms with van der Waals surface area (Å²) in [5.74, 6) is -1.69. The molecule has 0 saturated heterocycles. The van der Waals surface area contributed by atoms with E-state index < -0.39 is 12.0 Å². The Kier molecular flexibility index (Phi) is 7.17. The lowest BCUT2D eigenvalue weighted by molar-refractivity contribution is -0.139. The fraction of sp³-hybridized carbons (Fsp3) is 0.263. The summed E-state index contributed by atoms with van der Waals surface area (Å²) in [5.41, 5.74) is 11.4. The molecule has 4 N–H and O–H groups in total. The fourth-order valence-corrected chi connectivity index (χ4v) is 4.05. The van der Waals surface area contributed by atoms with Crippen LogP contribution in [0.15, 0.2) is 36.4 Å². The number of aliphatic carboxylic acids is 1. The Bertz CT molecular complexity index is 890. The summed E-state index contributed by atoms with van der Waals surface area (Å²) in [4.78, 5) is 23.6.